The van der Waals surface area contributed by atoms with Crippen LogP contribution in [0.2, 0.25) is 0 Å². The molecule has 94 valence electrons. The lowest BCUT2D eigenvalue weighted by Gasteiger charge is -2.10. The van der Waals surface area contributed by atoms with Gasteiger partial charge in [0.1, 0.15) is 5.82 Å². The molecule has 1 aromatic rings. The molecule has 0 radical (unpaired) electrons. The van der Waals surface area contributed by atoms with Gasteiger partial charge in [-0.1, -0.05) is 27.7 Å². The maximum atomic E-state index is 5.91. The van der Waals surface area contributed by atoms with Gasteiger partial charge in [-0.2, -0.15) is 0 Å². The van der Waals surface area contributed by atoms with Crippen LogP contribution < -0.4 is 11.1 Å². The molecule has 3 nitrogen and oxygen atoms in total. The van der Waals surface area contributed by atoms with Gasteiger partial charge in [0, 0.05) is 12.2 Å². The van der Waals surface area contributed by atoms with Crippen molar-refractivity contribution >= 4 is 11.5 Å². The van der Waals surface area contributed by atoms with Gasteiger partial charge in [-0.15, -0.1) is 0 Å². The van der Waals surface area contributed by atoms with E-state index in [4.69, 9.17) is 5.73 Å². The average molecular weight is 233 g/mol. The molecule has 0 amide bonds. The van der Waals surface area contributed by atoms with E-state index in [-0.39, 0.29) is 0 Å². The number of rotatable bonds is 3. The minimum atomic E-state index is 0.401. The van der Waals surface area contributed by atoms with Crippen LogP contribution in [0.15, 0.2) is 12.1 Å². The van der Waals surface area contributed by atoms with E-state index in [1.54, 1.807) is 0 Å². The van der Waals surface area contributed by atoms with Crippen molar-refractivity contribution in [1.82, 2.24) is 4.98 Å². The Hall–Kier alpha value is -1.25. The highest BCUT2D eigenvalue weighted by molar-refractivity contribution is 5.61. The Bertz CT molecular complexity index is 421. The molecule has 0 unspecified atom stereocenters. The SMILES string of the molecule is Cc1ccc(N)c(NCC2C(C)(C)C2(C)C)n1. The minimum Gasteiger partial charge on any atom is -0.396 e. The van der Waals surface area contributed by atoms with Gasteiger partial charge < -0.3 is 11.1 Å². The molecule has 1 fully saturated rings. The van der Waals surface area contributed by atoms with Gasteiger partial charge >= 0.3 is 0 Å². The summed E-state index contributed by atoms with van der Waals surface area (Å²) in [5.41, 5.74) is 8.43. The van der Waals surface area contributed by atoms with Crippen LogP contribution in [0.1, 0.15) is 33.4 Å². The lowest BCUT2D eigenvalue weighted by atomic mass is 10.0. The van der Waals surface area contributed by atoms with Gasteiger partial charge in [-0.3, -0.25) is 0 Å². The van der Waals surface area contributed by atoms with Gasteiger partial charge in [0.05, 0.1) is 5.69 Å². The number of pyridine rings is 1. The van der Waals surface area contributed by atoms with Crippen LogP contribution in [0.3, 0.4) is 0 Å². The fraction of sp³-hybridized carbons (Fsp3) is 0.643. The first-order valence-electron chi connectivity index (χ1n) is 6.24. The fourth-order valence-electron chi connectivity index (χ4n) is 2.75. The van der Waals surface area contributed by atoms with Crippen LogP contribution in [0.4, 0.5) is 11.5 Å². The van der Waals surface area contributed by atoms with E-state index in [0.29, 0.717) is 16.7 Å². The normalized spacial score (nSPS) is 21.2. The van der Waals surface area contributed by atoms with Crippen molar-refractivity contribution in [2.24, 2.45) is 16.7 Å². The van der Waals surface area contributed by atoms with Crippen LogP contribution in [0, 0.1) is 23.7 Å². The second kappa shape index (κ2) is 3.62. The molecule has 0 bridgehead atoms. The van der Waals surface area contributed by atoms with Crippen LogP contribution in [0.5, 0.6) is 0 Å². The van der Waals surface area contributed by atoms with Gasteiger partial charge in [0.2, 0.25) is 0 Å². The molecule has 0 aromatic carbocycles. The number of hydrogen-bond acceptors (Lipinski definition) is 3. The molecule has 0 aliphatic heterocycles. The van der Waals surface area contributed by atoms with Crippen molar-refractivity contribution in [3.8, 4) is 0 Å². The molecule has 1 aliphatic rings. The lowest BCUT2D eigenvalue weighted by Crippen LogP contribution is -2.11. The Morgan fingerprint density at radius 2 is 1.82 bits per heavy atom. The summed E-state index contributed by atoms with van der Waals surface area (Å²) >= 11 is 0. The van der Waals surface area contributed by atoms with Crippen molar-refractivity contribution in [2.75, 3.05) is 17.6 Å². The van der Waals surface area contributed by atoms with Gasteiger partial charge in [-0.25, -0.2) is 4.98 Å². The molecule has 2 rings (SSSR count). The standard InChI is InChI=1S/C14H23N3/c1-9-6-7-10(15)12(17-9)16-8-11-13(2,3)14(11,4)5/h6-7,11H,8,15H2,1-5H3,(H,16,17). The van der Waals surface area contributed by atoms with Crippen LogP contribution in [-0.4, -0.2) is 11.5 Å². The van der Waals surface area contributed by atoms with E-state index < -0.39 is 0 Å². The van der Waals surface area contributed by atoms with Gasteiger partial charge in [0.15, 0.2) is 0 Å². The third-order valence-corrected chi connectivity index (χ3v) is 4.86. The van der Waals surface area contributed by atoms with Gasteiger partial charge in [-0.05, 0) is 35.8 Å². The molecule has 0 spiro atoms. The Morgan fingerprint density at radius 1 is 1.24 bits per heavy atom. The molecule has 1 saturated carbocycles. The van der Waals surface area contributed by atoms with Crippen LogP contribution in [0.25, 0.3) is 0 Å². The summed E-state index contributed by atoms with van der Waals surface area (Å²) in [5, 5.41) is 3.39. The molecule has 1 aliphatic carbocycles. The van der Waals surface area contributed by atoms with E-state index in [9.17, 15) is 0 Å². The van der Waals surface area contributed by atoms with E-state index in [1.165, 1.54) is 0 Å². The first-order valence-corrected chi connectivity index (χ1v) is 6.24. The monoisotopic (exact) mass is 233 g/mol. The molecule has 1 aromatic heterocycles. The summed E-state index contributed by atoms with van der Waals surface area (Å²) in [6, 6.07) is 3.85. The van der Waals surface area contributed by atoms with E-state index in [1.807, 2.05) is 19.1 Å². The van der Waals surface area contributed by atoms with E-state index in [2.05, 4.69) is 38.0 Å². The van der Waals surface area contributed by atoms with Crippen LogP contribution >= 0.6 is 0 Å². The highest BCUT2D eigenvalue weighted by Crippen LogP contribution is 2.68. The Kier molecular flexibility index (Phi) is 2.60. The molecular formula is C14H23N3. The molecular weight excluding hydrogens is 210 g/mol. The van der Waals surface area contributed by atoms with Crippen molar-refractivity contribution in [3.05, 3.63) is 17.8 Å². The number of nitrogens with two attached hydrogens (primary N) is 1. The number of nitrogens with one attached hydrogen (secondary N) is 1. The fourth-order valence-corrected chi connectivity index (χ4v) is 2.75. The number of anilines is 2. The Labute approximate surface area is 104 Å². The predicted molar refractivity (Wildman–Crippen MR) is 72.9 cm³/mol. The van der Waals surface area contributed by atoms with Crippen LogP contribution in [-0.2, 0) is 0 Å². The molecule has 1 heterocycles. The van der Waals surface area contributed by atoms with Gasteiger partial charge in [0.25, 0.3) is 0 Å². The summed E-state index contributed by atoms with van der Waals surface area (Å²) in [4.78, 5) is 4.43. The second-order valence-electron chi connectivity index (χ2n) is 6.27. The van der Waals surface area contributed by atoms with E-state index >= 15 is 0 Å². The smallest absolute Gasteiger partial charge is 0.149 e. The summed E-state index contributed by atoms with van der Waals surface area (Å²) in [7, 11) is 0. The molecule has 3 heteroatoms. The molecule has 0 atom stereocenters. The van der Waals surface area contributed by atoms with Crippen molar-refractivity contribution in [3.63, 3.8) is 0 Å². The summed E-state index contributed by atoms with van der Waals surface area (Å²) in [6.07, 6.45) is 0. The molecule has 3 N–H and O–H groups in total. The van der Waals surface area contributed by atoms with Crippen molar-refractivity contribution < 1.29 is 0 Å². The highest BCUT2D eigenvalue weighted by atomic mass is 15.0. The maximum absolute atomic E-state index is 5.91. The number of aryl methyl sites for hydroxylation is 1. The zero-order valence-corrected chi connectivity index (χ0v) is 11.5. The van der Waals surface area contributed by atoms with Crippen molar-refractivity contribution in [2.45, 2.75) is 34.6 Å². The largest absolute Gasteiger partial charge is 0.396 e. The lowest BCUT2D eigenvalue weighted by molar-refractivity contribution is 0.457. The molecule has 17 heavy (non-hydrogen) atoms. The first kappa shape index (κ1) is 12.2. The Morgan fingerprint density at radius 3 is 2.35 bits per heavy atom. The number of aromatic nitrogens is 1. The molecule has 0 saturated heterocycles. The average Bonchev–Trinajstić information content (AvgIpc) is 2.60. The minimum absolute atomic E-state index is 0.401. The quantitative estimate of drug-likeness (QED) is 0.843. The topological polar surface area (TPSA) is 50.9 Å². The second-order valence-corrected chi connectivity index (χ2v) is 6.27. The Balaban J connectivity index is 2.03. The summed E-state index contributed by atoms with van der Waals surface area (Å²) < 4.78 is 0. The zero-order chi connectivity index (χ0) is 12.8. The predicted octanol–water partition coefficient (Wildman–Crippen LogP) is 3.07. The summed E-state index contributed by atoms with van der Waals surface area (Å²) in [6.45, 7) is 12.2. The third kappa shape index (κ3) is 1.88. The van der Waals surface area contributed by atoms with E-state index in [0.717, 1.165) is 23.7 Å². The zero-order valence-electron chi connectivity index (χ0n) is 11.5. The first-order chi connectivity index (χ1) is 7.76. The maximum Gasteiger partial charge on any atom is 0.149 e. The number of nitrogen functional groups attached to an aromatic ring is 1. The highest BCUT2D eigenvalue weighted by Gasteiger charge is 2.64. The number of hydrogen-bond donors (Lipinski definition) is 2. The number of nitrogens with zero attached hydrogens (tertiary/aromatic N) is 1. The third-order valence-electron chi connectivity index (χ3n) is 4.86. The van der Waals surface area contributed by atoms with Crippen molar-refractivity contribution in [1.29, 1.82) is 0 Å². The summed E-state index contributed by atoms with van der Waals surface area (Å²) in [5.74, 6) is 1.50.